The summed E-state index contributed by atoms with van der Waals surface area (Å²) in [7, 11) is 0. The van der Waals surface area contributed by atoms with Gasteiger partial charge in [0.15, 0.2) is 0 Å². The molecule has 0 unspecified atom stereocenters. The van der Waals surface area contributed by atoms with Crippen LogP contribution in [0.15, 0.2) is 30.3 Å². The number of nitrogens with one attached hydrogen (secondary N) is 1. The minimum absolute atomic E-state index is 0.175. The minimum atomic E-state index is -0.939. The number of rotatable bonds is 6. The first-order valence-electron chi connectivity index (χ1n) is 11.4. The zero-order chi connectivity index (χ0) is 23.7. The van der Waals surface area contributed by atoms with Gasteiger partial charge in [0.25, 0.3) is 0 Å². The Labute approximate surface area is 198 Å². The molecule has 178 valence electrons. The van der Waals surface area contributed by atoms with E-state index < -0.39 is 30.4 Å². The van der Waals surface area contributed by atoms with Crippen LogP contribution in [0, 0.1) is 5.92 Å². The van der Waals surface area contributed by atoms with Crippen molar-refractivity contribution in [2.45, 2.75) is 64.6 Å². The Hall–Kier alpha value is -2.51. The molecule has 0 spiro atoms. The lowest BCUT2D eigenvalue weighted by Gasteiger charge is -2.43. The first kappa shape index (κ1) is 23.6. The van der Waals surface area contributed by atoms with Crippen molar-refractivity contribution < 1.29 is 28.5 Å². The van der Waals surface area contributed by atoms with Crippen LogP contribution in [-0.2, 0) is 23.8 Å². The summed E-state index contributed by atoms with van der Waals surface area (Å²) in [6.45, 7) is 7.34. The number of carbonyl (C=O) groups excluding carboxylic acids is 2. The summed E-state index contributed by atoms with van der Waals surface area (Å²) < 4.78 is 23.9. The number of benzene rings is 2. The van der Waals surface area contributed by atoms with Gasteiger partial charge in [-0.2, -0.15) is 0 Å². The lowest BCUT2D eigenvalue weighted by molar-refractivity contribution is -0.266. The second kappa shape index (κ2) is 9.77. The van der Waals surface area contributed by atoms with Gasteiger partial charge in [-0.3, -0.25) is 9.59 Å². The number of halogens is 1. The number of esters is 2. The van der Waals surface area contributed by atoms with Crippen molar-refractivity contribution in [2.24, 2.45) is 5.92 Å². The van der Waals surface area contributed by atoms with Crippen molar-refractivity contribution in [1.29, 1.82) is 0 Å². The van der Waals surface area contributed by atoms with Gasteiger partial charge in [0.1, 0.15) is 11.9 Å². The lowest BCUT2D eigenvalue weighted by atomic mass is 9.89. The molecule has 1 fully saturated rings. The molecular formula is C25H30ClNO6. The van der Waals surface area contributed by atoms with Crippen LogP contribution in [0.1, 0.15) is 45.6 Å². The van der Waals surface area contributed by atoms with Gasteiger partial charge in [-0.15, -0.1) is 11.6 Å². The first-order chi connectivity index (χ1) is 15.8. The van der Waals surface area contributed by atoms with E-state index >= 15 is 0 Å². The summed E-state index contributed by atoms with van der Waals surface area (Å²) in [5.74, 6) is 0.205. The average molecular weight is 476 g/mol. The van der Waals surface area contributed by atoms with Crippen molar-refractivity contribution >= 4 is 40.0 Å². The fourth-order valence-corrected chi connectivity index (χ4v) is 5.19. The molecule has 0 saturated carbocycles. The largest absolute Gasteiger partial charge is 0.460 e. The smallest absolute Gasteiger partial charge is 0.303 e. The molecular weight excluding hydrogens is 446 g/mol. The van der Waals surface area contributed by atoms with E-state index in [2.05, 4.69) is 11.4 Å². The Morgan fingerprint density at radius 1 is 1.12 bits per heavy atom. The summed E-state index contributed by atoms with van der Waals surface area (Å²) in [6.07, 6.45) is -2.07. The predicted octanol–water partition coefficient (Wildman–Crippen LogP) is 4.60. The predicted molar refractivity (Wildman–Crippen MR) is 126 cm³/mol. The van der Waals surface area contributed by atoms with Crippen LogP contribution in [0.2, 0.25) is 0 Å². The zero-order valence-electron chi connectivity index (χ0n) is 19.3. The molecule has 6 atom stereocenters. The number of fused-ring (bicyclic) bond motifs is 3. The Morgan fingerprint density at radius 2 is 1.79 bits per heavy atom. The number of carbonyl (C=O) groups is 2. The van der Waals surface area contributed by atoms with Gasteiger partial charge in [-0.05, 0) is 17.4 Å². The molecule has 0 aliphatic carbocycles. The molecule has 0 radical (unpaired) electrons. The highest BCUT2D eigenvalue weighted by molar-refractivity contribution is 6.18. The van der Waals surface area contributed by atoms with Gasteiger partial charge < -0.3 is 24.3 Å². The fraction of sp³-hybridized carbons (Fsp3) is 0.520. The van der Waals surface area contributed by atoms with Crippen LogP contribution in [0.5, 0.6) is 5.75 Å². The quantitative estimate of drug-likeness (QED) is 0.482. The van der Waals surface area contributed by atoms with Crippen LogP contribution in [-0.4, -0.2) is 49.0 Å². The Kier molecular flexibility index (Phi) is 7.00. The maximum atomic E-state index is 11.9. The maximum Gasteiger partial charge on any atom is 0.303 e. The Bertz CT molecular complexity index is 1040. The molecule has 0 bridgehead atoms. The number of hydrogen-bond donors (Lipinski definition) is 1. The van der Waals surface area contributed by atoms with Crippen molar-refractivity contribution in [1.82, 2.24) is 0 Å². The molecule has 0 amide bonds. The molecule has 2 aromatic carbocycles. The summed E-state index contributed by atoms with van der Waals surface area (Å²) in [6, 6.07) is 9.92. The third-order valence-electron chi connectivity index (χ3n) is 6.44. The molecule has 33 heavy (non-hydrogen) atoms. The van der Waals surface area contributed by atoms with Gasteiger partial charge in [0.05, 0.1) is 6.10 Å². The molecule has 1 N–H and O–H groups in total. The number of hydrogen-bond acceptors (Lipinski definition) is 7. The van der Waals surface area contributed by atoms with Crippen molar-refractivity contribution in [3.8, 4) is 5.75 Å². The van der Waals surface area contributed by atoms with Gasteiger partial charge in [-0.25, -0.2) is 0 Å². The molecule has 2 aliphatic rings. The van der Waals surface area contributed by atoms with Crippen LogP contribution in [0.4, 0.5) is 5.69 Å². The second-order valence-corrected chi connectivity index (χ2v) is 9.00. The maximum absolute atomic E-state index is 11.9. The molecule has 2 aliphatic heterocycles. The molecule has 1 saturated heterocycles. The van der Waals surface area contributed by atoms with Crippen LogP contribution in [0.25, 0.3) is 10.8 Å². The van der Waals surface area contributed by atoms with E-state index in [1.165, 1.54) is 19.4 Å². The third kappa shape index (κ3) is 4.62. The zero-order valence-corrected chi connectivity index (χ0v) is 20.1. The van der Waals surface area contributed by atoms with E-state index in [0.717, 1.165) is 23.0 Å². The van der Waals surface area contributed by atoms with Gasteiger partial charge in [-0.1, -0.05) is 38.1 Å². The normalized spacial score (nSPS) is 28.6. The van der Waals surface area contributed by atoms with Crippen LogP contribution in [0.3, 0.4) is 0 Å². The summed E-state index contributed by atoms with van der Waals surface area (Å²) >= 11 is 6.22. The van der Waals surface area contributed by atoms with Crippen molar-refractivity contribution in [2.75, 3.05) is 17.7 Å². The monoisotopic (exact) mass is 475 g/mol. The summed E-state index contributed by atoms with van der Waals surface area (Å²) in [4.78, 5) is 23.8. The number of alkyl halides is 1. The topological polar surface area (TPSA) is 83.1 Å². The molecule has 2 aromatic rings. The van der Waals surface area contributed by atoms with E-state index in [1.54, 1.807) is 0 Å². The lowest BCUT2D eigenvalue weighted by Crippen LogP contribution is -2.58. The highest BCUT2D eigenvalue weighted by Gasteiger charge is 2.48. The molecule has 8 heteroatoms. The van der Waals surface area contributed by atoms with E-state index in [1.807, 2.05) is 38.1 Å². The molecule has 4 rings (SSSR count). The van der Waals surface area contributed by atoms with Crippen LogP contribution < -0.4 is 10.1 Å². The SMILES string of the molecule is CC[C@H]1O[C@@H](Oc2cc3c(c4ccccc24)[C@H](CCl)CN3)[C@H](OC(C)=O)[C@@H](OC(C)=O)[C@H]1C. The standard InChI is InChI=1S/C25H30ClNO6/c1-5-20-13(2)23(30-14(3)28)24(31-15(4)29)25(32-20)33-21-10-19-22(16(11-26)12-27-19)18-9-7-6-8-17(18)21/h6-10,13,16,20,23-25,27H,5,11-12H2,1-4H3/t13-,16+,20+,23-,24+,25-/m0/s1. The molecule has 0 aromatic heterocycles. The third-order valence-corrected chi connectivity index (χ3v) is 6.81. The molecule has 2 heterocycles. The van der Waals surface area contributed by atoms with E-state index in [0.29, 0.717) is 18.1 Å². The Balaban J connectivity index is 1.75. The molecule has 7 nitrogen and oxygen atoms in total. The van der Waals surface area contributed by atoms with Gasteiger partial charge >= 0.3 is 11.9 Å². The first-order valence-corrected chi connectivity index (χ1v) is 11.9. The van der Waals surface area contributed by atoms with E-state index in [4.69, 9.17) is 30.5 Å². The van der Waals surface area contributed by atoms with E-state index in [-0.39, 0.29) is 17.9 Å². The average Bonchev–Trinajstić information content (AvgIpc) is 3.20. The van der Waals surface area contributed by atoms with Crippen molar-refractivity contribution in [3.63, 3.8) is 0 Å². The van der Waals surface area contributed by atoms with Crippen molar-refractivity contribution in [3.05, 3.63) is 35.9 Å². The fourth-order valence-electron chi connectivity index (χ4n) is 4.92. The van der Waals surface area contributed by atoms with Gasteiger partial charge in [0.2, 0.25) is 12.4 Å². The summed E-state index contributed by atoms with van der Waals surface area (Å²) in [5.41, 5.74) is 2.14. The van der Waals surface area contributed by atoms with Crippen LogP contribution >= 0.6 is 11.6 Å². The second-order valence-electron chi connectivity index (χ2n) is 8.69. The number of anilines is 1. The number of ether oxygens (including phenoxy) is 4. The highest BCUT2D eigenvalue weighted by atomic mass is 35.5. The van der Waals surface area contributed by atoms with Gasteiger partial charge in [0, 0.05) is 55.2 Å². The Morgan fingerprint density at radius 3 is 2.42 bits per heavy atom. The summed E-state index contributed by atoms with van der Waals surface area (Å²) in [5, 5.41) is 5.38. The van der Waals surface area contributed by atoms with E-state index in [9.17, 15) is 9.59 Å². The highest BCUT2D eigenvalue weighted by Crippen LogP contribution is 2.43. The minimum Gasteiger partial charge on any atom is -0.460 e.